The first kappa shape index (κ1) is 32.7. The van der Waals surface area contributed by atoms with Gasteiger partial charge in [-0.3, -0.25) is 9.88 Å². The van der Waals surface area contributed by atoms with Crippen LogP contribution in [0.5, 0.6) is 5.75 Å². The second kappa shape index (κ2) is 13.9. The van der Waals surface area contributed by atoms with Crippen LogP contribution in [0.3, 0.4) is 0 Å². The predicted octanol–water partition coefficient (Wildman–Crippen LogP) is 6.28. The number of anilines is 5. The van der Waals surface area contributed by atoms with Crippen LogP contribution < -0.4 is 30.9 Å². The minimum atomic E-state index is -2.68. The average molecular weight is 708 g/mol. The van der Waals surface area contributed by atoms with E-state index in [9.17, 15) is 4.57 Å². The molecule has 10 nitrogen and oxygen atoms in total. The topological polar surface area (TPSA) is 108 Å². The molecule has 0 amide bonds. The SMILES string of the molecule is CCc1cc(Nc2ncc(Br)c(Nc3ccc4nc(C)ccc4c3P(C)(C)=O)n2)c(OC)cc1N1CCC(N2CCNCC2)CC1. The van der Waals surface area contributed by atoms with Crippen molar-refractivity contribution in [2.45, 2.75) is 39.2 Å². The molecule has 2 aliphatic rings. The van der Waals surface area contributed by atoms with E-state index in [1.165, 1.54) is 24.1 Å². The van der Waals surface area contributed by atoms with Gasteiger partial charge in [0.25, 0.3) is 0 Å². The molecular formula is C34H44BrN8O2P. The Morgan fingerprint density at radius 3 is 2.48 bits per heavy atom. The van der Waals surface area contributed by atoms with E-state index in [1.807, 2.05) is 31.2 Å². The summed E-state index contributed by atoms with van der Waals surface area (Å²) in [7, 11) is -0.983. The second-order valence-electron chi connectivity index (χ2n) is 12.5. The number of methoxy groups -OCH3 is 1. The number of aryl methyl sites for hydroxylation is 2. The van der Waals surface area contributed by atoms with E-state index in [0.29, 0.717) is 22.3 Å². The summed E-state index contributed by atoms with van der Waals surface area (Å²) in [4.78, 5) is 19.2. The first-order valence-corrected chi connectivity index (χ1v) is 19.5. The largest absolute Gasteiger partial charge is 0.494 e. The van der Waals surface area contributed by atoms with Crippen LogP contribution in [0.2, 0.25) is 0 Å². The van der Waals surface area contributed by atoms with E-state index in [-0.39, 0.29) is 0 Å². The maximum Gasteiger partial charge on any atom is 0.229 e. The van der Waals surface area contributed by atoms with Crippen molar-refractivity contribution >= 4 is 68.1 Å². The van der Waals surface area contributed by atoms with Crippen LogP contribution >= 0.6 is 23.1 Å². The normalized spacial score (nSPS) is 16.5. The molecule has 2 saturated heterocycles. The molecule has 0 aliphatic carbocycles. The van der Waals surface area contributed by atoms with Gasteiger partial charge < -0.3 is 30.2 Å². The molecule has 4 heterocycles. The van der Waals surface area contributed by atoms with Gasteiger partial charge in [-0.25, -0.2) is 4.98 Å². The molecule has 2 aliphatic heterocycles. The molecule has 2 fully saturated rings. The number of pyridine rings is 1. The van der Waals surface area contributed by atoms with E-state index >= 15 is 0 Å². The molecule has 0 unspecified atom stereocenters. The third-order valence-corrected chi connectivity index (χ3v) is 11.2. The first-order valence-electron chi connectivity index (χ1n) is 16.1. The lowest BCUT2D eigenvalue weighted by Crippen LogP contribution is -2.52. The Balaban J connectivity index is 1.25. The number of nitrogens with zero attached hydrogens (tertiary/aromatic N) is 5. The quantitative estimate of drug-likeness (QED) is 0.172. The fourth-order valence-corrected chi connectivity index (χ4v) is 8.48. The lowest BCUT2D eigenvalue weighted by atomic mass is 9.99. The number of aromatic nitrogens is 3. The number of ether oxygens (including phenoxy) is 1. The first-order chi connectivity index (χ1) is 22.1. The van der Waals surface area contributed by atoms with Crippen molar-refractivity contribution in [2.75, 3.05) is 75.2 Å². The fourth-order valence-electron chi connectivity index (χ4n) is 6.71. The molecule has 6 rings (SSSR count). The van der Waals surface area contributed by atoms with Crippen molar-refractivity contribution in [3.8, 4) is 5.75 Å². The number of hydrogen-bond donors (Lipinski definition) is 3. The van der Waals surface area contributed by atoms with Crippen molar-refractivity contribution in [1.82, 2.24) is 25.2 Å². The fraction of sp³-hybridized carbons (Fsp3) is 0.441. The molecule has 244 valence electrons. The van der Waals surface area contributed by atoms with Gasteiger partial charge >= 0.3 is 0 Å². The molecule has 12 heteroatoms. The molecule has 0 saturated carbocycles. The summed E-state index contributed by atoms with van der Waals surface area (Å²) in [5, 5.41) is 11.9. The molecule has 0 radical (unpaired) electrons. The van der Waals surface area contributed by atoms with Gasteiger partial charge in [0, 0.05) is 79.6 Å². The van der Waals surface area contributed by atoms with Gasteiger partial charge in [-0.2, -0.15) is 4.98 Å². The highest BCUT2D eigenvalue weighted by atomic mass is 79.9. The Morgan fingerprint density at radius 2 is 1.78 bits per heavy atom. The summed E-state index contributed by atoms with van der Waals surface area (Å²) in [6.07, 6.45) is 4.96. The zero-order valence-electron chi connectivity index (χ0n) is 27.4. The second-order valence-corrected chi connectivity index (χ2v) is 16.5. The molecular weight excluding hydrogens is 663 g/mol. The summed E-state index contributed by atoms with van der Waals surface area (Å²) in [5.41, 5.74) is 5.77. The molecule has 2 aromatic heterocycles. The van der Waals surface area contributed by atoms with Gasteiger partial charge in [-0.05, 0) is 85.3 Å². The Hall–Kier alpha value is -3.24. The Kier molecular flexibility index (Phi) is 9.85. The van der Waals surface area contributed by atoms with Crippen LogP contribution in [0.1, 0.15) is 31.0 Å². The molecule has 0 atom stereocenters. The zero-order chi connectivity index (χ0) is 32.4. The maximum absolute atomic E-state index is 13.5. The van der Waals surface area contributed by atoms with Crippen molar-refractivity contribution in [1.29, 1.82) is 0 Å². The number of piperazine rings is 1. The maximum atomic E-state index is 13.5. The standard InChI is InChI=1S/C34H44BrN8O2P/c1-6-23-19-29(31(45-3)20-30(23)43-15-11-24(12-16-43)42-17-13-36-14-18-42)40-34-37-21-26(35)33(41-34)39-28-10-9-27-25(8-7-22(2)38-27)32(28)46(4,5)44/h7-10,19-21,24,36H,6,11-18H2,1-5H3,(H2,37,39,40,41). The molecule has 46 heavy (non-hydrogen) atoms. The van der Waals surface area contributed by atoms with Crippen molar-refractivity contribution in [3.63, 3.8) is 0 Å². The van der Waals surface area contributed by atoms with Gasteiger partial charge in [-0.15, -0.1) is 0 Å². The molecule has 2 aromatic carbocycles. The van der Waals surface area contributed by atoms with E-state index < -0.39 is 7.14 Å². The van der Waals surface area contributed by atoms with Crippen LogP contribution in [0.15, 0.2) is 47.1 Å². The number of hydrogen-bond acceptors (Lipinski definition) is 10. The van der Waals surface area contributed by atoms with Gasteiger partial charge in [-0.1, -0.05) is 13.0 Å². The number of piperidine rings is 1. The Bertz CT molecular complexity index is 1770. The summed E-state index contributed by atoms with van der Waals surface area (Å²) in [6.45, 7) is 14.3. The summed E-state index contributed by atoms with van der Waals surface area (Å²) < 4.78 is 20.1. The highest BCUT2D eigenvalue weighted by Crippen LogP contribution is 2.42. The molecule has 4 aromatic rings. The van der Waals surface area contributed by atoms with Crippen LogP contribution in [0.4, 0.5) is 28.8 Å². The third kappa shape index (κ3) is 7.03. The predicted molar refractivity (Wildman–Crippen MR) is 194 cm³/mol. The molecule has 3 N–H and O–H groups in total. The van der Waals surface area contributed by atoms with Crippen molar-refractivity contribution in [3.05, 3.63) is 58.3 Å². The monoisotopic (exact) mass is 706 g/mol. The van der Waals surface area contributed by atoms with E-state index in [1.54, 1.807) is 26.6 Å². The number of fused-ring (bicyclic) bond motifs is 1. The zero-order valence-corrected chi connectivity index (χ0v) is 29.8. The summed E-state index contributed by atoms with van der Waals surface area (Å²) >= 11 is 3.61. The van der Waals surface area contributed by atoms with Crippen molar-refractivity contribution < 1.29 is 9.30 Å². The molecule has 0 bridgehead atoms. The average Bonchev–Trinajstić information content (AvgIpc) is 3.06. The van der Waals surface area contributed by atoms with Gasteiger partial charge in [0.05, 0.1) is 28.5 Å². The molecule has 0 spiro atoms. The summed E-state index contributed by atoms with van der Waals surface area (Å²) in [6, 6.07) is 12.8. The Labute approximate surface area is 280 Å². The van der Waals surface area contributed by atoms with Crippen LogP contribution in [0, 0.1) is 6.92 Å². The van der Waals surface area contributed by atoms with Crippen LogP contribution in [-0.2, 0) is 11.0 Å². The van der Waals surface area contributed by atoms with Gasteiger partial charge in [0.2, 0.25) is 5.95 Å². The Morgan fingerprint density at radius 1 is 1.02 bits per heavy atom. The number of halogens is 1. The lowest BCUT2D eigenvalue weighted by Gasteiger charge is -2.41. The van der Waals surface area contributed by atoms with Crippen LogP contribution in [0.25, 0.3) is 10.9 Å². The van der Waals surface area contributed by atoms with Gasteiger partial charge in [0.1, 0.15) is 18.7 Å². The minimum Gasteiger partial charge on any atom is -0.494 e. The van der Waals surface area contributed by atoms with Crippen molar-refractivity contribution in [2.24, 2.45) is 0 Å². The smallest absolute Gasteiger partial charge is 0.229 e. The number of benzene rings is 2. The van der Waals surface area contributed by atoms with E-state index in [2.05, 4.69) is 70.7 Å². The highest BCUT2D eigenvalue weighted by molar-refractivity contribution is 9.10. The van der Waals surface area contributed by atoms with E-state index in [4.69, 9.17) is 9.72 Å². The van der Waals surface area contributed by atoms with E-state index in [0.717, 1.165) is 84.7 Å². The van der Waals surface area contributed by atoms with Gasteiger partial charge in [0.15, 0.2) is 0 Å². The van der Waals surface area contributed by atoms with Crippen LogP contribution in [-0.4, -0.2) is 85.6 Å². The third-order valence-electron chi connectivity index (χ3n) is 9.02. The number of rotatable bonds is 9. The highest BCUT2D eigenvalue weighted by Gasteiger charge is 2.27. The minimum absolute atomic E-state index is 0.423. The lowest BCUT2D eigenvalue weighted by molar-refractivity contribution is 0.150. The number of nitrogens with one attached hydrogen (secondary N) is 3. The summed E-state index contributed by atoms with van der Waals surface area (Å²) in [5.74, 6) is 1.73.